The van der Waals surface area contributed by atoms with Crippen molar-refractivity contribution in [1.82, 2.24) is 5.32 Å². The summed E-state index contributed by atoms with van der Waals surface area (Å²) in [5.41, 5.74) is 1.17. The fourth-order valence-corrected chi connectivity index (χ4v) is 2.23. The summed E-state index contributed by atoms with van der Waals surface area (Å²) >= 11 is 3.51. The number of hydrogen-bond acceptors (Lipinski definition) is 3. The van der Waals surface area contributed by atoms with Gasteiger partial charge in [0.2, 0.25) is 0 Å². The van der Waals surface area contributed by atoms with Gasteiger partial charge in [-0.3, -0.25) is 0 Å². The number of halogens is 1. The van der Waals surface area contributed by atoms with Crippen LogP contribution in [0.4, 0.5) is 0 Å². The highest BCUT2D eigenvalue weighted by atomic mass is 79.9. The van der Waals surface area contributed by atoms with E-state index in [9.17, 15) is 0 Å². The highest BCUT2D eigenvalue weighted by Gasteiger charge is 2.11. The first-order valence-corrected chi connectivity index (χ1v) is 7.74. The predicted octanol–water partition coefficient (Wildman–Crippen LogP) is 3.66. The summed E-state index contributed by atoms with van der Waals surface area (Å²) in [7, 11) is 0. The van der Waals surface area contributed by atoms with E-state index in [4.69, 9.17) is 9.84 Å². The van der Waals surface area contributed by atoms with Gasteiger partial charge in [-0.15, -0.1) is 0 Å². The minimum absolute atomic E-state index is 0.227. The second kappa shape index (κ2) is 9.34. The van der Waals surface area contributed by atoms with Crippen LogP contribution in [0.5, 0.6) is 5.75 Å². The van der Waals surface area contributed by atoms with Crippen LogP contribution >= 0.6 is 15.9 Å². The summed E-state index contributed by atoms with van der Waals surface area (Å²) in [6, 6.07) is 6.37. The van der Waals surface area contributed by atoms with E-state index < -0.39 is 0 Å². The summed E-state index contributed by atoms with van der Waals surface area (Å²) in [4.78, 5) is 0. The molecule has 0 spiro atoms. The average Bonchev–Trinajstić information content (AvgIpc) is 2.42. The Labute approximate surface area is 124 Å². The monoisotopic (exact) mass is 329 g/mol. The summed E-state index contributed by atoms with van der Waals surface area (Å²) in [6.45, 7) is 6.18. The van der Waals surface area contributed by atoms with Gasteiger partial charge in [-0.05, 0) is 50.9 Å². The molecule has 1 unspecified atom stereocenters. The quantitative estimate of drug-likeness (QED) is 0.679. The fourth-order valence-electron chi connectivity index (χ4n) is 1.86. The smallest absolute Gasteiger partial charge is 0.124 e. The molecule has 2 N–H and O–H groups in total. The van der Waals surface area contributed by atoms with E-state index in [-0.39, 0.29) is 12.6 Å². The van der Waals surface area contributed by atoms with Gasteiger partial charge in [0.05, 0.1) is 6.61 Å². The molecule has 0 fully saturated rings. The van der Waals surface area contributed by atoms with Gasteiger partial charge in [0.15, 0.2) is 0 Å². The van der Waals surface area contributed by atoms with Crippen molar-refractivity contribution in [2.45, 2.75) is 39.2 Å². The van der Waals surface area contributed by atoms with Crippen LogP contribution < -0.4 is 10.1 Å². The molecule has 0 bridgehead atoms. The Morgan fingerprint density at radius 1 is 1.37 bits per heavy atom. The lowest BCUT2D eigenvalue weighted by atomic mass is 10.1. The zero-order chi connectivity index (χ0) is 14.1. The third kappa shape index (κ3) is 5.93. The van der Waals surface area contributed by atoms with Crippen molar-refractivity contribution in [3.63, 3.8) is 0 Å². The number of nitrogens with one attached hydrogen (secondary N) is 1. The van der Waals surface area contributed by atoms with Gasteiger partial charge in [0, 0.05) is 22.7 Å². The molecular formula is C15H24BrNO2. The van der Waals surface area contributed by atoms with Crippen LogP contribution in [0.15, 0.2) is 22.7 Å². The largest absolute Gasteiger partial charge is 0.493 e. The van der Waals surface area contributed by atoms with Crippen molar-refractivity contribution in [2.75, 3.05) is 19.8 Å². The number of rotatable bonds is 9. The lowest BCUT2D eigenvalue weighted by molar-refractivity contribution is 0.251. The van der Waals surface area contributed by atoms with Gasteiger partial charge in [0.1, 0.15) is 5.75 Å². The second-order valence-electron chi connectivity index (χ2n) is 4.64. The molecule has 0 heterocycles. The minimum Gasteiger partial charge on any atom is -0.493 e. The van der Waals surface area contributed by atoms with Crippen LogP contribution in [-0.4, -0.2) is 24.9 Å². The second-order valence-corrected chi connectivity index (χ2v) is 5.55. The maximum atomic E-state index is 8.77. The Balaban J connectivity index is 2.67. The standard InChI is InChI=1S/C15H24BrNO2/c1-3-8-17-12(2)14-11-13(16)6-7-15(14)19-10-5-4-9-18/h6-7,11-12,17-18H,3-5,8-10H2,1-2H3. The molecule has 19 heavy (non-hydrogen) atoms. The highest BCUT2D eigenvalue weighted by Crippen LogP contribution is 2.28. The molecule has 0 saturated carbocycles. The van der Waals surface area contributed by atoms with E-state index in [1.807, 2.05) is 12.1 Å². The average molecular weight is 330 g/mol. The summed E-state index contributed by atoms with van der Waals surface area (Å²) in [5.74, 6) is 0.928. The zero-order valence-electron chi connectivity index (χ0n) is 11.8. The van der Waals surface area contributed by atoms with E-state index >= 15 is 0 Å². The Morgan fingerprint density at radius 2 is 2.16 bits per heavy atom. The molecule has 0 aromatic heterocycles. The van der Waals surface area contributed by atoms with Crippen LogP contribution in [0.2, 0.25) is 0 Å². The first kappa shape index (κ1) is 16.5. The van der Waals surface area contributed by atoms with Gasteiger partial charge in [-0.1, -0.05) is 22.9 Å². The van der Waals surface area contributed by atoms with Crippen molar-refractivity contribution < 1.29 is 9.84 Å². The Kier molecular flexibility index (Phi) is 8.10. The van der Waals surface area contributed by atoms with Crippen molar-refractivity contribution >= 4 is 15.9 Å². The van der Waals surface area contributed by atoms with Crippen LogP contribution in [0, 0.1) is 0 Å². The number of benzene rings is 1. The van der Waals surface area contributed by atoms with E-state index in [0.717, 1.165) is 36.0 Å². The highest BCUT2D eigenvalue weighted by molar-refractivity contribution is 9.10. The molecule has 0 aliphatic rings. The third-order valence-electron chi connectivity index (χ3n) is 2.95. The molecule has 108 valence electrons. The predicted molar refractivity (Wildman–Crippen MR) is 82.7 cm³/mol. The first-order chi connectivity index (χ1) is 9.19. The van der Waals surface area contributed by atoms with Gasteiger partial charge >= 0.3 is 0 Å². The normalized spacial score (nSPS) is 12.4. The molecule has 0 amide bonds. The number of unbranched alkanes of at least 4 members (excludes halogenated alkanes) is 1. The minimum atomic E-state index is 0.227. The van der Waals surface area contributed by atoms with Gasteiger partial charge in [0.25, 0.3) is 0 Å². The number of aliphatic hydroxyl groups is 1. The van der Waals surface area contributed by atoms with E-state index in [2.05, 4.69) is 41.2 Å². The molecule has 0 saturated heterocycles. The molecule has 0 radical (unpaired) electrons. The zero-order valence-corrected chi connectivity index (χ0v) is 13.4. The van der Waals surface area contributed by atoms with Gasteiger partial charge in [-0.25, -0.2) is 0 Å². The summed E-state index contributed by atoms with van der Waals surface area (Å²) < 4.78 is 6.89. The number of ether oxygens (including phenoxy) is 1. The third-order valence-corrected chi connectivity index (χ3v) is 3.44. The van der Waals surface area contributed by atoms with E-state index in [1.54, 1.807) is 0 Å². The first-order valence-electron chi connectivity index (χ1n) is 6.95. The van der Waals surface area contributed by atoms with Crippen molar-refractivity contribution in [3.05, 3.63) is 28.2 Å². The lowest BCUT2D eigenvalue weighted by Crippen LogP contribution is -2.20. The van der Waals surface area contributed by atoms with Crippen LogP contribution in [-0.2, 0) is 0 Å². The molecule has 1 atom stereocenters. The fraction of sp³-hybridized carbons (Fsp3) is 0.600. The molecule has 1 aromatic rings. The molecule has 3 nitrogen and oxygen atoms in total. The SMILES string of the molecule is CCCNC(C)c1cc(Br)ccc1OCCCCO. The van der Waals surface area contributed by atoms with E-state index in [1.165, 1.54) is 5.56 Å². The molecule has 1 aromatic carbocycles. The molecule has 4 heteroatoms. The van der Waals surface area contributed by atoms with Crippen molar-refractivity contribution in [3.8, 4) is 5.75 Å². The molecule has 0 aliphatic heterocycles. The molecular weight excluding hydrogens is 306 g/mol. The van der Waals surface area contributed by atoms with Gasteiger partial charge < -0.3 is 15.2 Å². The Morgan fingerprint density at radius 3 is 2.84 bits per heavy atom. The van der Waals surface area contributed by atoms with Gasteiger partial charge in [-0.2, -0.15) is 0 Å². The summed E-state index contributed by atoms with van der Waals surface area (Å²) in [6.07, 6.45) is 2.78. The van der Waals surface area contributed by atoms with Crippen molar-refractivity contribution in [1.29, 1.82) is 0 Å². The Bertz CT molecular complexity index is 371. The van der Waals surface area contributed by atoms with E-state index in [0.29, 0.717) is 6.61 Å². The number of aliphatic hydroxyl groups excluding tert-OH is 1. The number of hydrogen-bond donors (Lipinski definition) is 2. The van der Waals surface area contributed by atoms with Crippen LogP contribution in [0.1, 0.15) is 44.7 Å². The lowest BCUT2D eigenvalue weighted by Gasteiger charge is -2.18. The maximum Gasteiger partial charge on any atom is 0.124 e. The Hall–Kier alpha value is -0.580. The molecule has 1 rings (SSSR count). The van der Waals surface area contributed by atoms with Crippen molar-refractivity contribution in [2.24, 2.45) is 0 Å². The van der Waals surface area contributed by atoms with Crippen LogP contribution in [0.25, 0.3) is 0 Å². The summed E-state index contributed by atoms with van der Waals surface area (Å²) in [5, 5.41) is 12.2. The maximum absolute atomic E-state index is 8.77. The topological polar surface area (TPSA) is 41.5 Å². The molecule has 0 aliphatic carbocycles. The van der Waals surface area contributed by atoms with Crippen LogP contribution in [0.3, 0.4) is 0 Å².